The van der Waals surface area contributed by atoms with Gasteiger partial charge in [0.1, 0.15) is 17.8 Å². The third-order valence-electron chi connectivity index (χ3n) is 4.73. The normalized spacial score (nSPS) is 22.2. The molecule has 1 aromatic carbocycles. The highest BCUT2D eigenvalue weighted by molar-refractivity contribution is 5.78. The Balaban J connectivity index is 1.44. The summed E-state index contributed by atoms with van der Waals surface area (Å²) in [5.74, 6) is -1.22. The summed E-state index contributed by atoms with van der Waals surface area (Å²) >= 11 is 0. The van der Waals surface area contributed by atoms with Gasteiger partial charge in [-0.15, -0.1) is 0 Å². The molecule has 1 aromatic rings. The number of alkyl halides is 1. The van der Waals surface area contributed by atoms with Gasteiger partial charge in [-0.2, -0.15) is 0 Å². The number of carbonyl (C=O) groups is 1. The molecule has 7 heteroatoms. The minimum absolute atomic E-state index is 0.0650. The highest BCUT2D eigenvalue weighted by atomic mass is 19.1. The van der Waals surface area contributed by atoms with Crippen LogP contribution in [0.1, 0.15) is 19.3 Å². The standard InChI is InChI=1S/C17H22F3N3O/c18-12-1-4-23(11-12)17(24)10-21-15-2-5-22(6-3-15)16-8-13(19)7-14(20)9-16/h7-9,12,15,21H,1-6,10-11H2. The van der Waals surface area contributed by atoms with Gasteiger partial charge in [-0.1, -0.05) is 0 Å². The van der Waals surface area contributed by atoms with E-state index in [-0.39, 0.29) is 25.0 Å². The van der Waals surface area contributed by atoms with E-state index in [1.165, 1.54) is 12.1 Å². The largest absolute Gasteiger partial charge is 0.371 e. The Hall–Kier alpha value is -1.76. The molecule has 2 aliphatic rings. The zero-order valence-electron chi connectivity index (χ0n) is 13.5. The molecule has 0 aromatic heterocycles. The van der Waals surface area contributed by atoms with Gasteiger partial charge in [-0.05, 0) is 31.4 Å². The van der Waals surface area contributed by atoms with E-state index in [1.807, 2.05) is 4.90 Å². The minimum atomic E-state index is -0.899. The Morgan fingerprint density at radius 2 is 1.75 bits per heavy atom. The molecule has 0 radical (unpaired) electrons. The second kappa shape index (κ2) is 7.42. The molecule has 1 unspecified atom stereocenters. The second-order valence-corrected chi connectivity index (χ2v) is 6.50. The Morgan fingerprint density at radius 3 is 2.33 bits per heavy atom. The number of nitrogens with zero attached hydrogens (tertiary/aromatic N) is 2. The van der Waals surface area contributed by atoms with Crippen LogP contribution in [0.5, 0.6) is 0 Å². The number of hydrogen-bond acceptors (Lipinski definition) is 3. The lowest BCUT2D eigenvalue weighted by Crippen LogP contribution is -2.46. The fourth-order valence-corrected chi connectivity index (χ4v) is 3.35. The van der Waals surface area contributed by atoms with Crippen molar-refractivity contribution in [1.29, 1.82) is 0 Å². The molecule has 1 amide bonds. The smallest absolute Gasteiger partial charge is 0.236 e. The van der Waals surface area contributed by atoms with Crippen molar-refractivity contribution in [2.75, 3.05) is 37.6 Å². The summed E-state index contributed by atoms with van der Waals surface area (Å²) in [6, 6.07) is 3.72. The van der Waals surface area contributed by atoms with Gasteiger partial charge in [0.15, 0.2) is 0 Å². The Labute approximate surface area is 139 Å². The Kier molecular flexibility index (Phi) is 5.28. The first-order valence-electron chi connectivity index (χ1n) is 8.37. The minimum Gasteiger partial charge on any atom is -0.371 e. The van der Waals surface area contributed by atoms with Crippen LogP contribution in [0.2, 0.25) is 0 Å². The van der Waals surface area contributed by atoms with Crippen LogP contribution in [0.3, 0.4) is 0 Å². The highest BCUT2D eigenvalue weighted by Crippen LogP contribution is 2.22. The lowest BCUT2D eigenvalue weighted by atomic mass is 10.0. The first kappa shape index (κ1) is 17.1. The number of hydrogen-bond donors (Lipinski definition) is 1. The predicted molar refractivity (Wildman–Crippen MR) is 85.7 cm³/mol. The first-order chi connectivity index (χ1) is 11.5. The third-order valence-corrected chi connectivity index (χ3v) is 4.73. The summed E-state index contributed by atoms with van der Waals surface area (Å²) in [5.41, 5.74) is 0.549. The van der Waals surface area contributed by atoms with E-state index in [0.29, 0.717) is 31.7 Å². The Bertz CT molecular complexity index is 570. The van der Waals surface area contributed by atoms with Crippen molar-refractivity contribution in [2.45, 2.75) is 31.5 Å². The molecule has 1 atom stereocenters. The average molecular weight is 341 g/mol. The maximum Gasteiger partial charge on any atom is 0.236 e. The summed E-state index contributed by atoms with van der Waals surface area (Å²) in [6.07, 6.45) is 1.10. The molecule has 0 aliphatic carbocycles. The van der Waals surface area contributed by atoms with Crippen molar-refractivity contribution in [2.24, 2.45) is 0 Å². The van der Waals surface area contributed by atoms with Crippen LogP contribution in [-0.2, 0) is 4.79 Å². The predicted octanol–water partition coefficient (Wildman–Crippen LogP) is 2.09. The highest BCUT2D eigenvalue weighted by Gasteiger charge is 2.26. The average Bonchev–Trinajstić information content (AvgIpc) is 2.99. The van der Waals surface area contributed by atoms with Crippen LogP contribution >= 0.6 is 0 Å². The lowest BCUT2D eigenvalue weighted by Gasteiger charge is -2.34. The van der Waals surface area contributed by atoms with Gasteiger partial charge in [-0.3, -0.25) is 4.79 Å². The lowest BCUT2D eigenvalue weighted by molar-refractivity contribution is -0.129. The summed E-state index contributed by atoms with van der Waals surface area (Å²) in [4.78, 5) is 15.5. The van der Waals surface area contributed by atoms with E-state index in [0.717, 1.165) is 18.9 Å². The number of carbonyl (C=O) groups excluding carboxylic acids is 1. The van der Waals surface area contributed by atoms with Gasteiger partial charge >= 0.3 is 0 Å². The van der Waals surface area contributed by atoms with Gasteiger partial charge in [0.05, 0.1) is 13.1 Å². The SMILES string of the molecule is O=C(CNC1CCN(c2cc(F)cc(F)c2)CC1)N1CCC(F)C1. The molecule has 3 rings (SSSR count). The summed E-state index contributed by atoms with van der Waals surface area (Å²) in [5, 5.41) is 3.22. The van der Waals surface area contributed by atoms with Crippen LogP contribution in [0, 0.1) is 11.6 Å². The molecule has 0 saturated carbocycles. The molecule has 132 valence electrons. The van der Waals surface area contributed by atoms with Crippen molar-refractivity contribution in [3.8, 4) is 0 Å². The fourth-order valence-electron chi connectivity index (χ4n) is 3.35. The van der Waals surface area contributed by atoms with Crippen LogP contribution in [0.4, 0.5) is 18.9 Å². The molecule has 0 bridgehead atoms. The van der Waals surface area contributed by atoms with E-state index >= 15 is 0 Å². The van der Waals surface area contributed by atoms with Crippen molar-refractivity contribution >= 4 is 11.6 Å². The van der Waals surface area contributed by atoms with E-state index in [2.05, 4.69) is 5.32 Å². The fraction of sp³-hybridized carbons (Fsp3) is 0.588. The number of nitrogens with one attached hydrogen (secondary N) is 1. The molecular weight excluding hydrogens is 319 g/mol. The topological polar surface area (TPSA) is 35.6 Å². The summed E-state index contributed by atoms with van der Waals surface area (Å²) in [7, 11) is 0. The number of piperidine rings is 1. The quantitative estimate of drug-likeness (QED) is 0.911. The molecule has 2 aliphatic heterocycles. The summed E-state index contributed by atoms with van der Waals surface area (Å²) < 4.78 is 39.7. The molecule has 2 heterocycles. The van der Waals surface area contributed by atoms with E-state index in [9.17, 15) is 18.0 Å². The van der Waals surface area contributed by atoms with E-state index in [1.54, 1.807) is 4.90 Å². The van der Waals surface area contributed by atoms with Crippen molar-refractivity contribution in [3.05, 3.63) is 29.8 Å². The zero-order valence-corrected chi connectivity index (χ0v) is 13.5. The van der Waals surface area contributed by atoms with Gasteiger partial charge in [0.25, 0.3) is 0 Å². The molecule has 2 fully saturated rings. The van der Waals surface area contributed by atoms with Crippen LogP contribution in [-0.4, -0.2) is 55.7 Å². The van der Waals surface area contributed by atoms with Crippen molar-refractivity contribution in [1.82, 2.24) is 10.2 Å². The van der Waals surface area contributed by atoms with Crippen molar-refractivity contribution in [3.63, 3.8) is 0 Å². The van der Waals surface area contributed by atoms with Gasteiger partial charge in [-0.25, -0.2) is 13.2 Å². The number of amides is 1. The van der Waals surface area contributed by atoms with Crippen LogP contribution < -0.4 is 10.2 Å². The van der Waals surface area contributed by atoms with E-state index < -0.39 is 17.8 Å². The van der Waals surface area contributed by atoms with Crippen LogP contribution in [0.15, 0.2) is 18.2 Å². The maximum atomic E-state index is 13.3. The maximum absolute atomic E-state index is 13.3. The number of likely N-dealkylation sites (tertiary alicyclic amines) is 1. The molecule has 24 heavy (non-hydrogen) atoms. The van der Waals surface area contributed by atoms with Crippen LogP contribution in [0.25, 0.3) is 0 Å². The Morgan fingerprint density at radius 1 is 1.08 bits per heavy atom. The zero-order chi connectivity index (χ0) is 17.1. The first-order valence-corrected chi connectivity index (χ1v) is 8.37. The molecule has 4 nitrogen and oxygen atoms in total. The number of benzene rings is 1. The van der Waals surface area contributed by atoms with Gasteiger partial charge < -0.3 is 15.1 Å². The molecular formula is C17H22F3N3O. The molecule has 1 N–H and O–H groups in total. The van der Waals surface area contributed by atoms with Crippen molar-refractivity contribution < 1.29 is 18.0 Å². The monoisotopic (exact) mass is 341 g/mol. The van der Waals surface area contributed by atoms with Gasteiger partial charge in [0.2, 0.25) is 5.91 Å². The summed E-state index contributed by atoms with van der Waals surface area (Å²) in [6.45, 7) is 2.25. The second-order valence-electron chi connectivity index (χ2n) is 6.50. The molecule has 2 saturated heterocycles. The number of anilines is 1. The van der Waals surface area contributed by atoms with Gasteiger partial charge in [0, 0.05) is 37.4 Å². The number of rotatable bonds is 4. The molecule has 0 spiro atoms. The number of halogens is 3. The third kappa shape index (κ3) is 4.20. The van der Waals surface area contributed by atoms with E-state index in [4.69, 9.17) is 0 Å².